The third kappa shape index (κ3) is 4.06. The molecule has 0 aliphatic carbocycles. The number of carbonyl (C=O) groups is 3. The highest BCUT2D eigenvalue weighted by Gasteiger charge is 2.45. The van der Waals surface area contributed by atoms with Gasteiger partial charge in [0.25, 0.3) is 5.91 Å². The van der Waals surface area contributed by atoms with E-state index in [0.29, 0.717) is 11.4 Å². The number of hydrogen-bond acceptors (Lipinski definition) is 4. The molecule has 29 heavy (non-hydrogen) atoms. The lowest BCUT2D eigenvalue weighted by Crippen LogP contribution is -2.60. The van der Waals surface area contributed by atoms with Gasteiger partial charge in [0.1, 0.15) is 5.54 Å². The van der Waals surface area contributed by atoms with E-state index < -0.39 is 23.5 Å². The van der Waals surface area contributed by atoms with Crippen LogP contribution in [0.5, 0.6) is 0 Å². The van der Waals surface area contributed by atoms with Crippen LogP contribution in [-0.2, 0) is 19.1 Å². The SMILES string of the molecule is Cc1ccccc1/C=C/C(=O)O[C@@H](C)C(=O)N1c2ccccc2NC(=O)C1(C)C. The minimum Gasteiger partial charge on any atom is -0.449 e. The van der Waals surface area contributed by atoms with E-state index in [2.05, 4.69) is 5.32 Å². The molecular formula is C23H24N2O4. The molecule has 0 saturated carbocycles. The second kappa shape index (κ2) is 7.91. The Morgan fingerprint density at radius 2 is 1.76 bits per heavy atom. The number of aryl methyl sites for hydroxylation is 1. The molecule has 1 heterocycles. The normalized spacial score (nSPS) is 16.1. The molecule has 2 aromatic carbocycles. The van der Waals surface area contributed by atoms with E-state index in [1.807, 2.05) is 31.2 Å². The number of fused-ring (bicyclic) bond motifs is 1. The summed E-state index contributed by atoms with van der Waals surface area (Å²) in [6.07, 6.45) is 1.90. The number of ether oxygens (including phenoxy) is 1. The second-order valence-corrected chi connectivity index (χ2v) is 7.47. The summed E-state index contributed by atoms with van der Waals surface area (Å²) in [6, 6.07) is 14.7. The maximum Gasteiger partial charge on any atom is 0.331 e. The predicted molar refractivity (Wildman–Crippen MR) is 112 cm³/mol. The summed E-state index contributed by atoms with van der Waals surface area (Å²) in [5.74, 6) is -1.39. The van der Waals surface area contributed by atoms with Crippen LogP contribution in [0.3, 0.4) is 0 Å². The highest BCUT2D eigenvalue weighted by Crippen LogP contribution is 2.37. The lowest BCUT2D eigenvalue weighted by Gasteiger charge is -2.42. The molecule has 0 fully saturated rings. The van der Waals surface area contributed by atoms with Gasteiger partial charge in [-0.25, -0.2) is 4.79 Å². The number of anilines is 2. The van der Waals surface area contributed by atoms with Crippen LogP contribution >= 0.6 is 0 Å². The highest BCUT2D eigenvalue weighted by molar-refractivity contribution is 6.15. The van der Waals surface area contributed by atoms with Gasteiger partial charge in [-0.3, -0.25) is 14.5 Å². The Balaban J connectivity index is 1.78. The van der Waals surface area contributed by atoms with Crippen LogP contribution in [0.4, 0.5) is 11.4 Å². The summed E-state index contributed by atoms with van der Waals surface area (Å²) in [6.45, 7) is 6.76. The molecule has 2 amide bonds. The van der Waals surface area contributed by atoms with Gasteiger partial charge < -0.3 is 10.1 Å². The number of nitrogens with zero attached hydrogens (tertiary/aromatic N) is 1. The van der Waals surface area contributed by atoms with Crippen molar-refractivity contribution >= 4 is 35.2 Å². The maximum atomic E-state index is 13.1. The molecule has 1 aliphatic rings. The molecule has 0 spiro atoms. The van der Waals surface area contributed by atoms with Crippen molar-refractivity contribution in [3.05, 3.63) is 65.7 Å². The molecule has 1 aliphatic heterocycles. The molecule has 1 atom stereocenters. The fourth-order valence-corrected chi connectivity index (χ4v) is 3.22. The molecule has 150 valence electrons. The van der Waals surface area contributed by atoms with Gasteiger partial charge in [-0.15, -0.1) is 0 Å². The first-order valence-electron chi connectivity index (χ1n) is 9.40. The zero-order valence-corrected chi connectivity index (χ0v) is 16.9. The van der Waals surface area contributed by atoms with E-state index in [0.717, 1.165) is 11.1 Å². The van der Waals surface area contributed by atoms with Crippen molar-refractivity contribution < 1.29 is 19.1 Å². The average molecular weight is 392 g/mol. The van der Waals surface area contributed by atoms with Gasteiger partial charge in [-0.1, -0.05) is 36.4 Å². The molecule has 6 nitrogen and oxygen atoms in total. The topological polar surface area (TPSA) is 75.7 Å². The van der Waals surface area contributed by atoms with Crippen LogP contribution in [-0.4, -0.2) is 29.4 Å². The minimum absolute atomic E-state index is 0.303. The number of carbonyl (C=O) groups excluding carboxylic acids is 3. The summed E-state index contributed by atoms with van der Waals surface area (Å²) in [7, 11) is 0. The van der Waals surface area contributed by atoms with Gasteiger partial charge in [0, 0.05) is 6.08 Å². The van der Waals surface area contributed by atoms with Crippen molar-refractivity contribution in [2.75, 3.05) is 10.2 Å². The number of nitrogens with one attached hydrogen (secondary N) is 1. The predicted octanol–water partition coefficient (Wildman–Crippen LogP) is 3.70. The van der Waals surface area contributed by atoms with Crippen LogP contribution in [0.1, 0.15) is 31.9 Å². The Morgan fingerprint density at radius 1 is 1.10 bits per heavy atom. The molecule has 0 bridgehead atoms. The van der Waals surface area contributed by atoms with E-state index in [4.69, 9.17) is 4.74 Å². The van der Waals surface area contributed by atoms with Gasteiger partial charge >= 0.3 is 5.97 Å². The van der Waals surface area contributed by atoms with Gasteiger partial charge in [-0.05, 0) is 57.0 Å². The van der Waals surface area contributed by atoms with Crippen LogP contribution < -0.4 is 10.2 Å². The molecule has 2 aromatic rings. The lowest BCUT2D eigenvalue weighted by atomic mass is 9.95. The number of para-hydroxylation sites is 2. The number of rotatable bonds is 4. The van der Waals surface area contributed by atoms with E-state index in [-0.39, 0.29) is 5.91 Å². The van der Waals surface area contributed by atoms with Crippen molar-refractivity contribution in [3.63, 3.8) is 0 Å². The summed E-state index contributed by atoms with van der Waals surface area (Å²) in [5.41, 5.74) is 1.91. The molecule has 0 radical (unpaired) electrons. The number of esters is 1. The molecule has 3 rings (SSSR count). The summed E-state index contributed by atoms with van der Waals surface area (Å²) in [4.78, 5) is 39.3. The Labute approximate surface area is 170 Å². The molecule has 0 aromatic heterocycles. The van der Waals surface area contributed by atoms with Crippen molar-refractivity contribution in [1.82, 2.24) is 0 Å². The van der Waals surface area contributed by atoms with Crippen LogP contribution in [0, 0.1) is 6.92 Å². The van der Waals surface area contributed by atoms with Gasteiger partial charge in [0.05, 0.1) is 11.4 Å². The van der Waals surface area contributed by atoms with E-state index >= 15 is 0 Å². The maximum absolute atomic E-state index is 13.1. The summed E-state index contributed by atoms with van der Waals surface area (Å²) in [5, 5.41) is 2.81. The summed E-state index contributed by atoms with van der Waals surface area (Å²) >= 11 is 0. The lowest BCUT2D eigenvalue weighted by molar-refractivity contribution is -0.149. The zero-order chi connectivity index (χ0) is 21.2. The van der Waals surface area contributed by atoms with Crippen molar-refractivity contribution in [3.8, 4) is 0 Å². The Kier molecular flexibility index (Phi) is 5.55. The van der Waals surface area contributed by atoms with Gasteiger partial charge in [0.15, 0.2) is 6.10 Å². The minimum atomic E-state index is -1.12. The van der Waals surface area contributed by atoms with Gasteiger partial charge in [-0.2, -0.15) is 0 Å². The molecule has 6 heteroatoms. The van der Waals surface area contributed by atoms with Crippen LogP contribution in [0.25, 0.3) is 6.08 Å². The Morgan fingerprint density at radius 3 is 2.48 bits per heavy atom. The van der Waals surface area contributed by atoms with Crippen LogP contribution in [0.2, 0.25) is 0 Å². The molecule has 1 N–H and O–H groups in total. The van der Waals surface area contributed by atoms with Crippen molar-refractivity contribution in [2.24, 2.45) is 0 Å². The highest BCUT2D eigenvalue weighted by atomic mass is 16.5. The standard InChI is InChI=1S/C23H24N2O4/c1-15-9-5-6-10-17(15)13-14-20(26)29-16(2)21(27)25-19-12-8-7-11-18(19)24-22(28)23(25,3)4/h5-14,16H,1-4H3,(H,24,28)/b14-13+/t16-/m0/s1. The van der Waals surface area contributed by atoms with E-state index in [1.54, 1.807) is 44.2 Å². The van der Waals surface area contributed by atoms with Crippen molar-refractivity contribution in [1.29, 1.82) is 0 Å². The molecular weight excluding hydrogens is 368 g/mol. The first kappa shape index (κ1) is 20.3. The zero-order valence-electron chi connectivity index (χ0n) is 16.9. The molecule has 0 unspecified atom stereocenters. The second-order valence-electron chi connectivity index (χ2n) is 7.47. The van der Waals surface area contributed by atoms with Crippen LogP contribution in [0.15, 0.2) is 54.6 Å². The van der Waals surface area contributed by atoms with Gasteiger partial charge in [0.2, 0.25) is 5.91 Å². The fourth-order valence-electron chi connectivity index (χ4n) is 3.22. The number of benzene rings is 2. The average Bonchev–Trinajstić information content (AvgIpc) is 2.67. The number of hydrogen-bond donors (Lipinski definition) is 1. The molecule has 0 saturated heterocycles. The smallest absolute Gasteiger partial charge is 0.331 e. The summed E-state index contributed by atoms with van der Waals surface area (Å²) < 4.78 is 5.32. The Bertz CT molecular complexity index is 994. The van der Waals surface area contributed by atoms with Crippen molar-refractivity contribution in [2.45, 2.75) is 39.3 Å². The number of amides is 2. The third-order valence-corrected chi connectivity index (χ3v) is 4.96. The van der Waals surface area contributed by atoms with E-state index in [9.17, 15) is 14.4 Å². The largest absolute Gasteiger partial charge is 0.449 e. The van der Waals surface area contributed by atoms with E-state index in [1.165, 1.54) is 17.9 Å². The first-order chi connectivity index (χ1) is 13.7. The quantitative estimate of drug-likeness (QED) is 0.636. The Hall–Kier alpha value is -3.41. The monoisotopic (exact) mass is 392 g/mol. The fraction of sp³-hybridized carbons (Fsp3) is 0.261. The third-order valence-electron chi connectivity index (χ3n) is 4.96. The first-order valence-corrected chi connectivity index (χ1v) is 9.40.